The maximum Gasteiger partial charge on any atom is 0.188 e. The van der Waals surface area contributed by atoms with Gasteiger partial charge in [0.2, 0.25) is 0 Å². The van der Waals surface area contributed by atoms with Gasteiger partial charge >= 0.3 is 0 Å². The molecule has 0 amide bonds. The van der Waals surface area contributed by atoms with E-state index in [1.54, 1.807) is 25.6 Å². The third kappa shape index (κ3) is 2.71. The van der Waals surface area contributed by atoms with Gasteiger partial charge in [-0.25, -0.2) is 4.98 Å². The zero-order valence-electron chi connectivity index (χ0n) is 11.7. The van der Waals surface area contributed by atoms with Crippen LogP contribution < -0.4 is 20.5 Å². The summed E-state index contributed by atoms with van der Waals surface area (Å²) in [6, 6.07) is 11.3. The number of hydrogen-bond acceptors (Lipinski definition) is 6. The van der Waals surface area contributed by atoms with Gasteiger partial charge in [-0.2, -0.15) is 0 Å². The van der Waals surface area contributed by atoms with Gasteiger partial charge in [-0.1, -0.05) is 11.3 Å². The van der Waals surface area contributed by atoms with Gasteiger partial charge in [-0.15, -0.1) is 0 Å². The van der Waals surface area contributed by atoms with Crippen LogP contribution in [0.3, 0.4) is 0 Å². The fourth-order valence-electron chi connectivity index (χ4n) is 2.01. The number of aromatic nitrogens is 1. The molecule has 0 saturated carbocycles. The molecule has 0 fully saturated rings. The van der Waals surface area contributed by atoms with Crippen molar-refractivity contribution in [1.82, 2.24) is 4.98 Å². The fourth-order valence-corrected chi connectivity index (χ4v) is 2.94. The fraction of sp³-hybridized carbons (Fsp3) is 0.133. The zero-order chi connectivity index (χ0) is 14.8. The number of nitrogen functional groups attached to an aromatic ring is 1. The van der Waals surface area contributed by atoms with E-state index in [-0.39, 0.29) is 0 Å². The highest BCUT2D eigenvalue weighted by Gasteiger charge is 2.09. The van der Waals surface area contributed by atoms with Gasteiger partial charge in [0, 0.05) is 11.8 Å². The highest BCUT2D eigenvalue weighted by molar-refractivity contribution is 7.22. The maximum atomic E-state index is 5.79. The Kier molecular flexibility index (Phi) is 3.53. The smallest absolute Gasteiger partial charge is 0.188 e. The zero-order valence-corrected chi connectivity index (χ0v) is 12.5. The lowest BCUT2D eigenvalue weighted by Gasteiger charge is -2.10. The number of benzene rings is 2. The Labute approximate surface area is 126 Å². The second kappa shape index (κ2) is 5.49. The second-order valence-corrected chi connectivity index (χ2v) is 5.47. The molecular formula is C15H15N3O2S. The van der Waals surface area contributed by atoms with Crippen molar-refractivity contribution in [3.8, 4) is 11.5 Å². The van der Waals surface area contributed by atoms with Crippen molar-refractivity contribution in [3.63, 3.8) is 0 Å². The van der Waals surface area contributed by atoms with Gasteiger partial charge in [-0.3, -0.25) is 0 Å². The number of thiazole rings is 1. The van der Waals surface area contributed by atoms with Crippen LogP contribution >= 0.6 is 11.3 Å². The van der Waals surface area contributed by atoms with E-state index in [1.165, 1.54) is 0 Å². The summed E-state index contributed by atoms with van der Waals surface area (Å²) in [6.45, 7) is 0. The molecule has 0 spiro atoms. The summed E-state index contributed by atoms with van der Waals surface area (Å²) in [4.78, 5) is 4.53. The Hall–Kier alpha value is -2.47. The molecule has 0 radical (unpaired) electrons. The van der Waals surface area contributed by atoms with Crippen LogP contribution in [0.4, 0.5) is 16.5 Å². The molecule has 0 aliphatic rings. The van der Waals surface area contributed by atoms with Crippen LogP contribution in [0, 0.1) is 0 Å². The summed E-state index contributed by atoms with van der Waals surface area (Å²) in [6.07, 6.45) is 0. The molecule has 6 heteroatoms. The molecule has 1 heterocycles. The predicted molar refractivity (Wildman–Crippen MR) is 86.9 cm³/mol. The van der Waals surface area contributed by atoms with Crippen molar-refractivity contribution in [2.24, 2.45) is 0 Å². The van der Waals surface area contributed by atoms with Crippen molar-refractivity contribution in [1.29, 1.82) is 0 Å². The number of methoxy groups -OCH3 is 2. The molecule has 0 atom stereocenters. The standard InChI is InChI=1S/C15H15N3O2S/c1-19-10-4-6-11(13(8-10)20-2)17-15-18-12-5-3-9(16)7-14(12)21-15/h3-8H,16H2,1-2H3,(H,17,18). The normalized spacial score (nSPS) is 10.6. The molecule has 0 bridgehead atoms. The quantitative estimate of drug-likeness (QED) is 0.720. The third-order valence-electron chi connectivity index (χ3n) is 3.06. The average Bonchev–Trinajstić information content (AvgIpc) is 2.89. The lowest BCUT2D eigenvalue weighted by Crippen LogP contribution is -1.95. The number of anilines is 3. The van der Waals surface area contributed by atoms with Crippen LogP contribution in [0.1, 0.15) is 0 Å². The van der Waals surface area contributed by atoms with E-state index in [0.29, 0.717) is 5.75 Å². The van der Waals surface area contributed by atoms with Gasteiger partial charge in [0.1, 0.15) is 11.5 Å². The summed E-state index contributed by atoms with van der Waals surface area (Å²) < 4.78 is 11.6. The van der Waals surface area contributed by atoms with E-state index in [2.05, 4.69) is 10.3 Å². The number of nitrogens with two attached hydrogens (primary N) is 1. The molecular weight excluding hydrogens is 286 g/mol. The largest absolute Gasteiger partial charge is 0.497 e. The molecule has 3 rings (SSSR count). The van der Waals surface area contributed by atoms with Crippen molar-refractivity contribution < 1.29 is 9.47 Å². The van der Waals surface area contributed by atoms with Crippen molar-refractivity contribution in [3.05, 3.63) is 36.4 Å². The van der Waals surface area contributed by atoms with E-state index < -0.39 is 0 Å². The lowest BCUT2D eigenvalue weighted by atomic mass is 10.2. The number of rotatable bonds is 4. The summed E-state index contributed by atoms with van der Waals surface area (Å²) in [7, 11) is 3.25. The molecule has 3 aromatic rings. The molecule has 0 saturated heterocycles. The molecule has 108 valence electrons. The van der Waals surface area contributed by atoms with Gasteiger partial charge < -0.3 is 20.5 Å². The lowest BCUT2D eigenvalue weighted by molar-refractivity contribution is 0.395. The van der Waals surface area contributed by atoms with Crippen molar-refractivity contribution in [2.75, 3.05) is 25.3 Å². The molecule has 3 N–H and O–H groups in total. The molecule has 0 aliphatic heterocycles. The Morgan fingerprint density at radius 2 is 1.95 bits per heavy atom. The maximum absolute atomic E-state index is 5.79. The first kappa shape index (κ1) is 13.5. The monoisotopic (exact) mass is 301 g/mol. The minimum Gasteiger partial charge on any atom is -0.497 e. The van der Waals surface area contributed by atoms with Crippen LogP contribution in [0.15, 0.2) is 36.4 Å². The number of nitrogens with zero attached hydrogens (tertiary/aromatic N) is 1. The first-order valence-corrected chi connectivity index (χ1v) is 7.16. The topological polar surface area (TPSA) is 69.4 Å². The number of hydrogen-bond donors (Lipinski definition) is 2. The summed E-state index contributed by atoms with van der Waals surface area (Å²) in [5.74, 6) is 1.45. The summed E-state index contributed by atoms with van der Waals surface area (Å²) in [5.41, 5.74) is 8.28. The number of nitrogens with one attached hydrogen (secondary N) is 1. The van der Waals surface area contributed by atoms with E-state index in [4.69, 9.17) is 15.2 Å². The van der Waals surface area contributed by atoms with Crippen LogP contribution in [-0.2, 0) is 0 Å². The van der Waals surface area contributed by atoms with Crippen LogP contribution in [-0.4, -0.2) is 19.2 Å². The molecule has 0 aliphatic carbocycles. The first-order valence-electron chi connectivity index (χ1n) is 6.34. The van der Waals surface area contributed by atoms with Crippen LogP contribution in [0.5, 0.6) is 11.5 Å². The Morgan fingerprint density at radius 1 is 1.10 bits per heavy atom. The van der Waals surface area contributed by atoms with Crippen LogP contribution in [0.25, 0.3) is 10.2 Å². The van der Waals surface area contributed by atoms with Gasteiger partial charge in [0.25, 0.3) is 0 Å². The highest BCUT2D eigenvalue weighted by Crippen LogP contribution is 2.34. The van der Waals surface area contributed by atoms with Crippen LogP contribution in [0.2, 0.25) is 0 Å². The Morgan fingerprint density at radius 3 is 2.71 bits per heavy atom. The molecule has 1 aromatic heterocycles. The van der Waals surface area contributed by atoms with Crippen molar-refractivity contribution >= 4 is 38.1 Å². The average molecular weight is 301 g/mol. The number of fused-ring (bicyclic) bond motifs is 1. The molecule has 2 aromatic carbocycles. The van der Waals surface area contributed by atoms with Gasteiger partial charge in [0.05, 0.1) is 30.1 Å². The van der Waals surface area contributed by atoms with E-state index in [1.807, 2.05) is 36.4 Å². The van der Waals surface area contributed by atoms with Crippen molar-refractivity contribution in [2.45, 2.75) is 0 Å². The molecule has 5 nitrogen and oxygen atoms in total. The number of ether oxygens (including phenoxy) is 2. The van der Waals surface area contributed by atoms with E-state index >= 15 is 0 Å². The molecule has 21 heavy (non-hydrogen) atoms. The van der Waals surface area contributed by atoms with Gasteiger partial charge in [-0.05, 0) is 30.3 Å². The second-order valence-electron chi connectivity index (χ2n) is 4.44. The Balaban J connectivity index is 1.94. The first-order chi connectivity index (χ1) is 10.2. The minimum absolute atomic E-state index is 0.702. The Bertz CT molecular complexity index is 786. The minimum atomic E-state index is 0.702. The van der Waals surface area contributed by atoms with E-state index in [9.17, 15) is 0 Å². The van der Waals surface area contributed by atoms with E-state index in [0.717, 1.165) is 32.5 Å². The molecule has 0 unspecified atom stereocenters. The predicted octanol–water partition coefficient (Wildman–Crippen LogP) is 3.64. The summed E-state index contributed by atoms with van der Waals surface area (Å²) >= 11 is 1.55. The van der Waals surface area contributed by atoms with Gasteiger partial charge in [0.15, 0.2) is 5.13 Å². The summed E-state index contributed by atoms with van der Waals surface area (Å²) in [5, 5.41) is 4.06. The highest BCUT2D eigenvalue weighted by atomic mass is 32.1. The SMILES string of the molecule is COc1ccc(Nc2nc3ccc(N)cc3s2)c(OC)c1. The third-order valence-corrected chi connectivity index (χ3v) is 4.00.